The van der Waals surface area contributed by atoms with Crippen molar-refractivity contribution in [3.8, 4) is 11.3 Å². The number of esters is 1. The van der Waals surface area contributed by atoms with E-state index in [1.54, 1.807) is 0 Å². The first-order valence-corrected chi connectivity index (χ1v) is 13.5. The molecule has 0 aliphatic heterocycles. The second kappa shape index (κ2) is 9.75. The number of hydrogen-bond donors (Lipinski definition) is 1. The summed E-state index contributed by atoms with van der Waals surface area (Å²) in [6, 6.07) is 17.9. The fourth-order valence-corrected chi connectivity index (χ4v) is 6.37. The summed E-state index contributed by atoms with van der Waals surface area (Å²) in [6.45, 7) is 8.77. The van der Waals surface area contributed by atoms with E-state index in [9.17, 15) is 9.59 Å². The smallest absolute Gasteiger partial charge is 0.341 e. The van der Waals surface area contributed by atoms with Crippen LogP contribution < -0.4 is 5.32 Å². The van der Waals surface area contributed by atoms with E-state index in [1.165, 1.54) is 24.0 Å². The highest BCUT2D eigenvalue weighted by molar-refractivity contribution is 7.17. The Kier molecular flexibility index (Phi) is 6.63. The molecule has 5 rings (SSSR count). The lowest BCUT2D eigenvalue weighted by Crippen LogP contribution is -2.16. The number of hydrogen-bond acceptors (Lipinski definition) is 5. The highest BCUT2D eigenvalue weighted by Gasteiger charge is 2.29. The van der Waals surface area contributed by atoms with Crippen LogP contribution in [0, 0.1) is 5.92 Å². The monoisotopic (exact) mass is 512 g/mol. The molecule has 2 aromatic heterocycles. The molecule has 2 heterocycles. The van der Waals surface area contributed by atoms with Crippen LogP contribution in [0.2, 0.25) is 0 Å². The second-order valence-electron chi connectivity index (χ2n) is 10.9. The van der Waals surface area contributed by atoms with Crippen LogP contribution in [0.15, 0.2) is 54.6 Å². The van der Waals surface area contributed by atoms with Crippen LogP contribution in [0.1, 0.15) is 70.8 Å². The first kappa shape index (κ1) is 25.2. The van der Waals surface area contributed by atoms with Gasteiger partial charge in [-0.15, -0.1) is 11.3 Å². The van der Waals surface area contributed by atoms with Gasteiger partial charge in [0.1, 0.15) is 5.00 Å². The third-order valence-electron chi connectivity index (χ3n) is 7.14. The lowest BCUT2D eigenvalue weighted by atomic mass is 9.86. The molecule has 0 saturated carbocycles. The van der Waals surface area contributed by atoms with Crippen molar-refractivity contribution < 1.29 is 14.3 Å². The fourth-order valence-electron chi connectivity index (χ4n) is 4.98. The van der Waals surface area contributed by atoms with E-state index in [2.05, 4.69) is 57.3 Å². The summed E-state index contributed by atoms with van der Waals surface area (Å²) in [6.07, 6.45) is 2.75. The number of anilines is 1. The van der Waals surface area contributed by atoms with Crippen molar-refractivity contribution in [1.29, 1.82) is 0 Å². The number of nitrogens with one attached hydrogen (secondary N) is 1. The number of fused-ring (bicyclic) bond motifs is 2. The van der Waals surface area contributed by atoms with Gasteiger partial charge in [-0.3, -0.25) is 4.79 Å². The van der Waals surface area contributed by atoms with Crippen molar-refractivity contribution >= 4 is 39.1 Å². The van der Waals surface area contributed by atoms with Crippen LogP contribution in [0.5, 0.6) is 0 Å². The number of carbonyl (C=O) groups is 2. The topological polar surface area (TPSA) is 68.3 Å². The molecule has 1 N–H and O–H groups in total. The van der Waals surface area contributed by atoms with E-state index in [-0.39, 0.29) is 11.3 Å². The number of thiophene rings is 1. The van der Waals surface area contributed by atoms with Crippen LogP contribution >= 0.6 is 11.3 Å². The quantitative estimate of drug-likeness (QED) is 0.289. The van der Waals surface area contributed by atoms with E-state index in [0.29, 0.717) is 22.0 Å². The number of ether oxygens (including phenoxy) is 1. The Balaban J connectivity index is 1.56. The Morgan fingerprint density at radius 1 is 1.08 bits per heavy atom. The average molecular weight is 513 g/mol. The van der Waals surface area contributed by atoms with Crippen LogP contribution in [-0.4, -0.2) is 24.0 Å². The molecule has 5 nitrogen and oxygen atoms in total. The van der Waals surface area contributed by atoms with Crippen LogP contribution in [0.25, 0.3) is 22.2 Å². The molecule has 4 aromatic rings. The van der Waals surface area contributed by atoms with Gasteiger partial charge in [0.05, 0.1) is 29.4 Å². The summed E-state index contributed by atoms with van der Waals surface area (Å²) in [4.78, 5) is 32.5. The maximum Gasteiger partial charge on any atom is 0.341 e. The van der Waals surface area contributed by atoms with E-state index < -0.39 is 5.97 Å². The average Bonchev–Trinajstić information content (AvgIpc) is 3.23. The van der Waals surface area contributed by atoms with Crippen LogP contribution in [0.3, 0.4) is 0 Å². The van der Waals surface area contributed by atoms with Gasteiger partial charge in [0.15, 0.2) is 0 Å². The molecular formula is C31H32N2O3S. The molecule has 2 aromatic carbocycles. The standard InChI is InChI=1S/C31H32N2O3S/c1-18-10-15-22-26(16-18)37-29(27(22)30(35)36-5)33-28(34)23-17-25(32-24-9-7-6-8-21(23)24)19-11-13-20(14-12-19)31(2,3)4/h6-9,11-14,17-18H,10,15-16H2,1-5H3,(H,33,34). The highest BCUT2D eigenvalue weighted by Crippen LogP contribution is 2.40. The van der Waals surface area contributed by atoms with Crippen molar-refractivity contribution in [2.24, 2.45) is 5.92 Å². The Bertz CT molecular complexity index is 1500. The summed E-state index contributed by atoms with van der Waals surface area (Å²) in [7, 11) is 1.39. The van der Waals surface area contributed by atoms with Gasteiger partial charge < -0.3 is 10.1 Å². The summed E-state index contributed by atoms with van der Waals surface area (Å²) in [5.41, 5.74) is 5.76. The minimum atomic E-state index is -0.401. The zero-order chi connectivity index (χ0) is 26.3. The molecule has 37 heavy (non-hydrogen) atoms. The van der Waals surface area contributed by atoms with Crippen molar-refractivity contribution in [2.75, 3.05) is 12.4 Å². The van der Waals surface area contributed by atoms with Gasteiger partial charge in [-0.2, -0.15) is 0 Å². The molecule has 6 heteroatoms. The molecule has 1 unspecified atom stereocenters. The first-order valence-electron chi connectivity index (χ1n) is 12.7. The van der Waals surface area contributed by atoms with Gasteiger partial charge in [-0.1, -0.05) is 70.2 Å². The highest BCUT2D eigenvalue weighted by atomic mass is 32.1. The molecule has 190 valence electrons. The zero-order valence-electron chi connectivity index (χ0n) is 22.0. The third-order valence-corrected chi connectivity index (χ3v) is 8.31. The SMILES string of the molecule is COC(=O)c1c(NC(=O)c2cc(-c3ccc(C(C)(C)C)cc3)nc3ccccc23)sc2c1CCC(C)C2. The summed E-state index contributed by atoms with van der Waals surface area (Å²) >= 11 is 1.49. The van der Waals surface area contributed by atoms with Gasteiger partial charge in [-0.25, -0.2) is 9.78 Å². The second-order valence-corrected chi connectivity index (χ2v) is 12.0. The normalized spacial score (nSPS) is 15.3. The lowest BCUT2D eigenvalue weighted by molar-refractivity contribution is 0.0601. The Morgan fingerprint density at radius 2 is 1.81 bits per heavy atom. The molecule has 0 fully saturated rings. The molecule has 1 atom stereocenters. The summed E-state index contributed by atoms with van der Waals surface area (Å²) in [5, 5.41) is 4.40. The molecule has 1 amide bonds. The molecule has 1 aliphatic rings. The molecule has 0 spiro atoms. The minimum absolute atomic E-state index is 0.0510. The number of aromatic nitrogens is 1. The molecule has 0 radical (unpaired) electrons. The minimum Gasteiger partial charge on any atom is -0.465 e. The van der Waals surface area contributed by atoms with E-state index in [1.807, 2.05) is 30.3 Å². The van der Waals surface area contributed by atoms with E-state index in [4.69, 9.17) is 9.72 Å². The largest absolute Gasteiger partial charge is 0.465 e. The Hall–Kier alpha value is -3.51. The maximum absolute atomic E-state index is 13.8. The number of carbonyl (C=O) groups excluding carboxylic acids is 2. The Labute approximate surface area is 221 Å². The number of benzene rings is 2. The van der Waals surface area contributed by atoms with Crippen molar-refractivity contribution in [3.05, 3.63) is 81.7 Å². The molecular weight excluding hydrogens is 480 g/mol. The molecule has 0 bridgehead atoms. The molecule has 0 saturated heterocycles. The first-order chi connectivity index (χ1) is 17.7. The van der Waals surface area contributed by atoms with Crippen molar-refractivity contribution in [3.63, 3.8) is 0 Å². The van der Waals surface area contributed by atoms with Crippen molar-refractivity contribution in [1.82, 2.24) is 4.98 Å². The zero-order valence-corrected chi connectivity index (χ0v) is 22.8. The predicted octanol–water partition coefficient (Wildman–Crippen LogP) is 7.42. The maximum atomic E-state index is 13.8. The van der Waals surface area contributed by atoms with E-state index in [0.717, 1.165) is 51.9 Å². The summed E-state index contributed by atoms with van der Waals surface area (Å²) < 4.78 is 5.10. The third kappa shape index (κ3) is 4.90. The van der Waals surface area contributed by atoms with Gasteiger partial charge in [0, 0.05) is 15.8 Å². The number of rotatable bonds is 4. The molecule has 1 aliphatic carbocycles. The number of pyridine rings is 1. The Morgan fingerprint density at radius 3 is 2.51 bits per heavy atom. The fraction of sp³-hybridized carbons (Fsp3) is 0.323. The van der Waals surface area contributed by atoms with E-state index >= 15 is 0 Å². The number of methoxy groups -OCH3 is 1. The number of nitrogens with zero attached hydrogens (tertiary/aromatic N) is 1. The predicted molar refractivity (Wildman–Crippen MR) is 151 cm³/mol. The number of amides is 1. The van der Waals surface area contributed by atoms with Gasteiger partial charge in [0.2, 0.25) is 0 Å². The summed E-state index contributed by atoms with van der Waals surface area (Å²) in [5.74, 6) is -0.110. The van der Waals surface area contributed by atoms with Gasteiger partial charge in [0.25, 0.3) is 5.91 Å². The lowest BCUT2D eigenvalue weighted by Gasteiger charge is -2.19. The van der Waals surface area contributed by atoms with Gasteiger partial charge in [-0.05, 0) is 53.9 Å². The van der Waals surface area contributed by atoms with Gasteiger partial charge >= 0.3 is 5.97 Å². The van der Waals surface area contributed by atoms with Crippen LogP contribution in [0.4, 0.5) is 5.00 Å². The number of para-hydroxylation sites is 1. The van der Waals surface area contributed by atoms with Crippen molar-refractivity contribution in [2.45, 2.75) is 52.4 Å². The van der Waals surface area contributed by atoms with Crippen LogP contribution in [-0.2, 0) is 23.0 Å².